The Morgan fingerprint density at radius 3 is 2.23 bits per heavy atom. The summed E-state index contributed by atoms with van der Waals surface area (Å²) >= 11 is 0. The monoisotopic (exact) mass is 317 g/mol. The van der Waals surface area contributed by atoms with E-state index in [1.165, 1.54) is 0 Å². The van der Waals surface area contributed by atoms with Gasteiger partial charge in [-0.05, 0) is 18.6 Å². The van der Waals surface area contributed by atoms with Gasteiger partial charge in [0.1, 0.15) is 5.75 Å². The molecule has 0 aliphatic heterocycles. The standard InChI is InChI=1S/C15H22F3N3O/c1-11-6-7-12(9-19-14(20(2)3)21(4)5)13(8-11)22-10-15(16,17)18/h6-8H,9-10H2,1-5H3. The summed E-state index contributed by atoms with van der Waals surface area (Å²) in [6.07, 6.45) is -4.36. The van der Waals surface area contributed by atoms with Crippen molar-refractivity contribution in [3.63, 3.8) is 0 Å². The maximum absolute atomic E-state index is 12.3. The maximum Gasteiger partial charge on any atom is 0.422 e. The molecule has 0 heterocycles. The third-order valence-corrected chi connectivity index (χ3v) is 2.80. The Bertz CT molecular complexity index is 515. The lowest BCUT2D eigenvalue weighted by Crippen LogP contribution is -2.35. The third-order valence-electron chi connectivity index (χ3n) is 2.80. The number of halogens is 3. The van der Waals surface area contributed by atoms with Gasteiger partial charge in [-0.3, -0.25) is 0 Å². The number of aliphatic imine (C=N–C) groups is 1. The number of benzene rings is 1. The summed E-state index contributed by atoms with van der Waals surface area (Å²) < 4.78 is 41.9. The highest BCUT2D eigenvalue weighted by atomic mass is 19.4. The average Bonchev–Trinajstić information content (AvgIpc) is 2.36. The van der Waals surface area contributed by atoms with Gasteiger partial charge in [0.15, 0.2) is 12.6 Å². The van der Waals surface area contributed by atoms with E-state index >= 15 is 0 Å². The number of ether oxygens (including phenoxy) is 1. The van der Waals surface area contributed by atoms with Crippen LogP contribution in [0.5, 0.6) is 5.75 Å². The Hall–Kier alpha value is -1.92. The van der Waals surface area contributed by atoms with Crippen LogP contribution in [0.25, 0.3) is 0 Å². The highest BCUT2D eigenvalue weighted by Crippen LogP contribution is 2.24. The summed E-state index contributed by atoms with van der Waals surface area (Å²) in [4.78, 5) is 8.11. The second-order valence-corrected chi connectivity index (χ2v) is 5.42. The highest BCUT2D eigenvalue weighted by molar-refractivity contribution is 5.79. The van der Waals surface area contributed by atoms with Crippen molar-refractivity contribution in [2.75, 3.05) is 34.8 Å². The summed E-state index contributed by atoms with van der Waals surface area (Å²) in [5, 5.41) is 0. The molecule has 1 rings (SSSR count). The fraction of sp³-hybridized carbons (Fsp3) is 0.533. The fourth-order valence-corrected chi connectivity index (χ4v) is 1.93. The molecule has 0 amide bonds. The van der Waals surface area contributed by atoms with E-state index in [1.807, 2.05) is 44.1 Å². The van der Waals surface area contributed by atoms with Crippen molar-refractivity contribution >= 4 is 5.96 Å². The molecule has 0 radical (unpaired) electrons. The number of alkyl halides is 3. The molecule has 0 saturated carbocycles. The molecule has 0 bridgehead atoms. The van der Waals surface area contributed by atoms with Crippen LogP contribution in [0.2, 0.25) is 0 Å². The predicted molar refractivity (Wildman–Crippen MR) is 81.2 cm³/mol. The van der Waals surface area contributed by atoms with Crippen molar-refractivity contribution in [1.82, 2.24) is 9.80 Å². The van der Waals surface area contributed by atoms with Gasteiger partial charge in [0.25, 0.3) is 0 Å². The van der Waals surface area contributed by atoms with Crippen molar-refractivity contribution < 1.29 is 17.9 Å². The zero-order chi connectivity index (χ0) is 16.9. The lowest BCUT2D eigenvalue weighted by Gasteiger charge is -2.23. The van der Waals surface area contributed by atoms with E-state index in [2.05, 4.69) is 4.99 Å². The van der Waals surface area contributed by atoms with E-state index in [1.54, 1.807) is 19.1 Å². The maximum atomic E-state index is 12.3. The van der Waals surface area contributed by atoms with Crippen molar-refractivity contribution in [1.29, 1.82) is 0 Å². The lowest BCUT2D eigenvalue weighted by atomic mass is 10.1. The molecule has 124 valence electrons. The van der Waals surface area contributed by atoms with Gasteiger partial charge in [0, 0.05) is 33.8 Å². The summed E-state index contributed by atoms with van der Waals surface area (Å²) in [7, 11) is 7.42. The average molecular weight is 317 g/mol. The molecular formula is C15H22F3N3O. The Labute approximate surface area is 129 Å². The molecule has 7 heteroatoms. The Kier molecular flexibility index (Phi) is 6.08. The van der Waals surface area contributed by atoms with Crippen LogP contribution in [0.4, 0.5) is 13.2 Å². The lowest BCUT2D eigenvalue weighted by molar-refractivity contribution is -0.153. The van der Waals surface area contributed by atoms with Crippen LogP contribution >= 0.6 is 0 Å². The number of rotatable bonds is 4. The summed E-state index contributed by atoms with van der Waals surface area (Å²) in [5.41, 5.74) is 1.46. The molecular weight excluding hydrogens is 295 g/mol. The quantitative estimate of drug-likeness (QED) is 0.631. The first kappa shape index (κ1) is 18.1. The smallest absolute Gasteiger partial charge is 0.422 e. The molecule has 1 aromatic rings. The van der Waals surface area contributed by atoms with Gasteiger partial charge in [-0.2, -0.15) is 13.2 Å². The SMILES string of the molecule is Cc1ccc(CN=C(N(C)C)N(C)C)c(OCC(F)(F)F)c1. The molecule has 1 aromatic carbocycles. The van der Waals surface area contributed by atoms with Crippen LogP contribution < -0.4 is 4.74 Å². The van der Waals surface area contributed by atoms with E-state index in [4.69, 9.17) is 4.74 Å². The van der Waals surface area contributed by atoms with Gasteiger partial charge in [-0.1, -0.05) is 12.1 Å². The van der Waals surface area contributed by atoms with Crippen LogP contribution in [0.3, 0.4) is 0 Å². The zero-order valence-electron chi connectivity index (χ0n) is 13.5. The van der Waals surface area contributed by atoms with Gasteiger partial charge in [-0.25, -0.2) is 4.99 Å². The summed E-state index contributed by atoms with van der Waals surface area (Å²) in [6.45, 7) is 0.749. The molecule has 4 nitrogen and oxygen atoms in total. The minimum Gasteiger partial charge on any atom is -0.484 e. The van der Waals surface area contributed by atoms with E-state index in [0.717, 1.165) is 11.5 Å². The second-order valence-electron chi connectivity index (χ2n) is 5.42. The van der Waals surface area contributed by atoms with Crippen molar-refractivity contribution in [3.8, 4) is 5.75 Å². The second kappa shape index (κ2) is 7.38. The molecule has 0 unspecified atom stereocenters. The normalized spacial score (nSPS) is 11.1. The Morgan fingerprint density at radius 1 is 1.14 bits per heavy atom. The van der Waals surface area contributed by atoms with E-state index in [9.17, 15) is 13.2 Å². The first-order valence-corrected chi connectivity index (χ1v) is 6.78. The Balaban J connectivity index is 2.96. The van der Waals surface area contributed by atoms with Crippen molar-refractivity contribution in [2.45, 2.75) is 19.6 Å². The molecule has 0 spiro atoms. The summed E-state index contributed by atoms with van der Waals surface area (Å²) in [6, 6.07) is 5.17. The first-order chi connectivity index (χ1) is 10.1. The molecule has 0 fully saturated rings. The number of aryl methyl sites for hydroxylation is 1. The number of hydrogen-bond acceptors (Lipinski definition) is 2. The zero-order valence-corrected chi connectivity index (χ0v) is 13.5. The molecule has 0 N–H and O–H groups in total. The van der Waals surface area contributed by atoms with Crippen LogP contribution in [-0.4, -0.2) is 56.7 Å². The summed E-state index contributed by atoms with van der Waals surface area (Å²) in [5.74, 6) is 0.945. The molecule has 0 saturated heterocycles. The molecule has 0 aromatic heterocycles. The highest BCUT2D eigenvalue weighted by Gasteiger charge is 2.28. The van der Waals surface area contributed by atoms with Crippen LogP contribution in [0.1, 0.15) is 11.1 Å². The van der Waals surface area contributed by atoms with Gasteiger partial charge in [0.05, 0.1) is 6.54 Å². The van der Waals surface area contributed by atoms with E-state index < -0.39 is 12.8 Å². The minimum absolute atomic E-state index is 0.220. The van der Waals surface area contributed by atoms with E-state index in [-0.39, 0.29) is 12.3 Å². The van der Waals surface area contributed by atoms with Crippen LogP contribution in [-0.2, 0) is 6.54 Å². The molecule has 0 aliphatic rings. The minimum atomic E-state index is -4.36. The predicted octanol–water partition coefficient (Wildman–Crippen LogP) is 2.92. The number of hydrogen-bond donors (Lipinski definition) is 0. The van der Waals surface area contributed by atoms with Crippen molar-refractivity contribution in [3.05, 3.63) is 29.3 Å². The first-order valence-electron chi connectivity index (χ1n) is 6.78. The number of guanidine groups is 1. The number of nitrogens with zero attached hydrogens (tertiary/aromatic N) is 3. The van der Waals surface area contributed by atoms with Crippen molar-refractivity contribution in [2.24, 2.45) is 4.99 Å². The van der Waals surface area contributed by atoms with Gasteiger partial charge < -0.3 is 14.5 Å². The third kappa shape index (κ3) is 5.83. The van der Waals surface area contributed by atoms with Crippen LogP contribution in [0.15, 0.2) is 23.2 Å². The van der Waals surface area contributed by atoms with Gasteiger partial charge in [0.2, 0.25) is 0 Å². The van der Waals surface area contributed by atoms with Gasteiger partial charge in [-0.15, -0.1) is 0 Å². The molecule has 0 aliphatic carbocycles. The topological polar surface area (TPSA) is 28.1 Å². The van der Waals surface area contributed by atoms with Crippen LogP contribution in [0, 0.1) is 6.92 Å². The fourth-order valence-electron chi connectivity index (χ4n) is 1.93. The molecule has 0 atom stereocenters. The largest absolute Gasteiger partial charge is 0.484 e. The van der Waals surface area contributed by atoms with E-state index in [0.29, 0.717) is 5.56 Å². The molecule has 22 heavy (non-hydrogen) atoms. The Morgan fingerprint density at radius 2 is 1.73 bits per heavy atom. The van der Waals surface area contributed by atoms with Gasteiger partial charge >= 0.3 is 6.18 Å².